The molecule has 144 valence electrons. The first-order valence-electron chi connectivity index (χ1n) is 8.74. The zero-order valence-corrected chi connectivity index (χ0v) is 14.6. The summed E-state index contributed by atoms with van der Waals surface area (Å²) in [6, 6.07) is 5.79. The van der Waals surface area contributed by atoms with E-state index in [9.17, 15) is 26.3 Å². The number of hydrogen-bond donors (Lipinski definition) is 0. The molecule has 0 radical (unpaired) electrons. The normalized spacial score (nSPS) is 21.1. The van der Waals surface area contributed by atoms with Gasteiger partial charge in [0.1, 0.15) is 11.6 Å². The molecule has 0 aromatic heterocycles. The standard InChI is InChI=1S/C21H18F6/c1-11(22)20(26)14-6-7-16(17(23)8-14)13-4-2-12(3-5-13)15-9-18(24)21(27)19(25)10-15/h6-10,12-13H,2-5H2,1H3/b20-11+. The van der Waals surface area contributed by atoms with Crippen LogP contribution in [0.15, 0.2) is 36.2 Å². The molecule has 0 spiro atoms. The second kappa shape index (κ2) is 7.79. The minimum absolute atomic E-state index is 0.121. The van der Waals surface area contributed by atoms with Crippen molar-refractivity contribution in [1.29, 1.82) is 0 Å². The average molecular weight is 384 g/mol. The van der Waals surface area contributed by atoms with Gasteiger partial charge < -0.3 is 0 Å². The number of allylic oxidation sites excluding steroid dienone is 1. The van der Waals surface area contributed by atoms with Gasteiger partial charge >= 0.3 is 0 Å². The molecule has 27 heavy (non-hydrogen) atoms. The summed E-state index contributed by atoms with van der Waals surface area (Å²) in [5, 5.41) is 0. The first-order chi connectivity index (χ1) is 12.8. The van der Waals surface area contributed by atoms with Crippen LogP contribution >= 0.6 is 0 Å². The van der Waals surface area contributed by atoms with Gasteiger partial charge in [0, 0.05) is 5.56 Å². The Hall–Kier alpha value is -2.24. The molecule has 0 amide bonds. The fraction of sp³-hybridized carbons (Fsp3) is 0.333. The molecular weight excluding hydrogens is 366 g/mol. The fourth-order valence-corrected chi connectivity index (χ4v) is 3.74. The van der Waals surface area contributed by atoms with Gasteiger partial charge in [0.2, 0.25) is 0 Å². The molecular formula is C21H18F6. The van der Waals surface area contributed by atoms with E-state index >= 15 is 0 Å². The lowest BCUT2D eigenvalue weighted by Crippen LogP contribution is -2.14. The van der Waals surface area contributed by atoms with Crippen LogP contribution in [-0.2, 0) is 0 Å². The molecule has 0 atom stereocenters. The quantitative estimate of drug-likeness (QED) is 0.384. The molecule has 0 nitrogen and oxygen atoms in total. The highest BCUT2D eigenvalue weighted by molar-refractivity contribution is 5.61. The van der Waals surface area contributed by atoms with Crippen LogP contribution in [0.25, 0.3) is 5.83 Å². The molecule has 2 aromatic rings. The molecule has 0 saturated heterocycles. The molecule has 0 unspecified atom stereocenters. The summed E-state index contributed by atoms with van der Waals surface area (Å²) in [4.78, 5) is 0. The molecule has 0 bridgehead atoms. The van der Waals surface area contributed by atoms with Gasteiger partial charge in [0.25, 0.3) is 0 Å². The van der Waals surface area contributed by atoms with Crippen molar-refractivity contribution in [3.63, 3.8) is 0 Å². The minimum Gasteiger partial charge on any atom is -0.209 e. The summed E-state index contributed by atoms with van der Waals surface area (Å²) in [5.41, 5.74) is 0.659. The highest BCUT2D eigenvalue weighted by Crippen LogP contribution is 2.42. The Kier molecular flexibility index (Phi) is 5.63. The number of hydrogen-bond acceptors (Lipinski definition) is 0. The van der Waals surface area contributed by atoms with Crippen molar-refractivity contribution in [3.8, 4) is 0 Å². The van der Waals surface area contributed by atoms with E-state index in [2.05, 4.69) is 0 Å². The van der Waals surface area contributed by atoms with Gasteiger partial charge in [-0.1, -0.05) is 12.1 Å². The summed E-state index contributed by atoms with van der Waals surface area (Å²) in [6.45, 7) is 0.962. The Morgan fingerprint density at radius 2 is 1.33 bits per heavy atom. The van der Waals surface area contributed by atoms with Gasteiger partial charge in [-0.2, -0.15) is 0 Å². The van der Waals surface area contributed by atoms with E-state index in [-0.39, 0.29) is 17.4 Å². The molecule has 0 aliphatic heterocycles. The van der Waals surface area contributed by atoms with E-state index in [1.165, 1.54) is 12.1 Å². The van der Waals surface area contributed by atoms with Gasteiger partial charge in [-0.15, -0.1) is 0 Å². The Labute approximate surface area is 153 Å². The largest absolute Gasteiger partial charge is 0.209 e. The molecule has 1 saturated carbocycles. The van der Waals surface area contributed by atoms with Crippen LogP contribution in [-0.4, -0.2) is 0 Å². The number of halogens is 6. The molecule has 3 rings (SSSR count). The van der Waals surface area contributed by atoms with Crippen LogP contribution in [0, 0.1) is 23.3 Å². The lowest BCUT2D eigenvalue weighted by Gasteiger charge is -2.29. The molecule has 2 aromatic carbocycles. The van der Waals surface area contributed by atoms with Gasteiger partial charge in [-0.05, 0) is 73.8 Å². The topological polar surface area (TPSA) is 0 Å². The fourth-order valence-electron chi connectivity index (χ4n) is 3.74. The zero-order valence-electron chi connectivity index (χ0n) is 14.6. The Morgan fingerprint density at radius 3 is 1.85 bits per heavy atom. The smallest absolute Gasteiger partial charge is 0.194 e. The lowest BCUT2D eigenvalue weighted by molar-refractivity contribution is 0.382. The second-order valence-electron chi connectivity index (χ2n) is 6.93. The summed E-state index contributed by atoms with van der Waals surface area (Å²) >= 11 is 0. The minimum atomic E-state index is -1.49. The third kappa shape index (κ3) is 4.04. The monoisotopic (exact) mass is 384 g/mol. The number of benzene rings is 2. The Balaban J connectivity index is 1.74. The third-order valence-corrected chi connectivity index (χ3v) is 5.20. The summed E-state index contributed by atoms with van der Waals surface area (Å²) in [7, 11) is 0. The first-order valence-corrected chi connectivity index (χ1v) is 8.74. The van der Waals surface area contributed by atoms with E-state index in [0.29, 0.717) is 36.8 Å². The van der Waals surface area contributed by atoms with Crippen LogP contribution in [0.5, 0.6) is 0 Å². The Morgan fingerprint density at radius 1 is 0.778 bits per heavy atom. The molecule has 6 heteroatoms. The van der Waals surface area contributed by atoms with Crippen molar-refractivity contribution in [2.75, 3.05) is 0 Å². The SMILES string of the molecule is C/C(F)=C(\F)c1ccc(C2CCC(c3cc(F)c(F)c(F)c3)CC2)c(F)c1. The lowest BCUT2D eigenvalue weighted by atomic mass is 9.76. The molecule has 0 heterocycles. The van der Waals surface area contributed by atoms with E-state index in [1.54, 1.807) is 0 Å². The van der Waals surface area contributed by atoms with Crippen LogP contribution in [0.4, 0.5) is 26.3 Å². The predicted octanol–water partition coefficient (Wildman–Crippen LogP) is 7.31. The van der Waals surface area contributed by atoms with Crippen LogP contribution in [0.2, 0.25) is 0 Å². The second-order valence-corrected chi connectivity index (χ2v) is 6.93. The van der Waals surface area contributed by atoms with Gasteiger partial charge in [-0.3, -0.25) is 0 Å². The molecule has 1 fully saturated rings. The van der Waals surface area contributed by atoms with Crippen LogP contribution < -0.4 is 0 Å². The highest BCUT2D eigenvalue weighted by Gasteiger charge is 2.27. The van der Waals surface area contributed by atoms with E-state index in [4.69, 9.17) is 0 Å². The van der Waals surface area contributed by atoms with Gasteiger partial charge in [-0.25, -0.2) is 26.3 Å². The van der Waals surface area contributed by atoms with Crippen molar-refractivity contribution >= 4 is 5.83 Å². The summed E-state index contributed by atoms with van der Waals surface area (Å²) in [6.07, 6.45) is 2.27. The molecule has 1 aliphatic carbocycles. The van der Waals surface area contributed by atoms with Crippen LogP contribution in [0.3, 0.4) is 0 Å². The van der Waals surface area contributed by atoms with E-state index in [1.807, 2.05) is 0 Å². The first kappa shape index (κ1) is 19.5. The van der Waals surface area contributed by atoms with E-state index in [0.717, 1.165) is 25.1 Å². The maximum atomic E-state index is 14.4. The van der Waals surface area contributed by atoms with Crippen molar-refractivity contribution in [1.82, 2.24) is 0 Å². The van der Waals surface area contributed by atoms with E-state index < -0.39 is 34.9 Å². The average Bonchev–Trinajstić information content (AvgIpc) is 2.65. The van der Waals surface area contributed by atoms with Crippen molar-refractivity contribution < 1.29 is 26.3 Å². The maximum Gasteiger partial charge on any atom is 0.194 e. The summed E-state index contributed by atoms with van der Waals surface area (Å²) in [5.74, 6) is -6.89. The van der Waals surface area contributed by atoms with Gasteiger partial charge in [0.15, 0.2) is 23.3 Å². The number of rotatable bonds is 3. The maximum absolute atomic E-state index is 14.4. The van der Waals surface area contributed by atoms with Gasteiger partial charge in [0.05, 0.1) is 0 Å². The molecule has 0 N–H and O–H groups in total. The molecule has 1 aliphatic rings. The van der Waals surface area contributed by atoms with Crippen LogP contribution in [0.1, 0.15) is 61.1 Å². The van der Waals surface area contributed by atoms with Crippen molar-refractivity contribution in [2.45, 2.75) is 44.4 Å². The predicted molar refractivity (Wildman–Crippen MR) is 91.5 cm³/mol. The summed E-state index contributed by atoms with van der Waals surface area (Å²) < 4.78 is 80.9. The Bertz CT molecular complexity index is 851. The zero-order chi connectivity index (χ0) is 19.7. The highest BCUT2D eigenvalue weighted by atomic mass is 19.2. The van der Waals surface area contributed by atoms with Crippen molar-refractivity contribution in [2.24, 2.45) is 0 Å². The third-order valence-electron chi connectivity index (χ3n) is 5.20. The van der Waals surface area contributed by atoms with Crippen molar-refractivity contribution in [3.05, 3.63) is 76.1 Å².